The van der Waals surface area contributed by atoms with E-state index in [1.807, 2.05) is 6.07 Å². The average Bonchev–Trinajstić information content (AvgIpc) is 2.87. The Kier molecular flexibility index (Phi) is 3.38. The summed E-state index contributed by atoms with van der Waals surface area (Å²) in [6.45, 7) is 0. The molecule has 0 spiro atoms. The molecule has 2 aromatic heterocycles. The van der Waals surface area contributed by atoms with Gasteiger partial charge in [0.1, 0.15) is 5.82 Å². The molecule has 6 heteroatoms. The second kappa shape index (κ2) is 4.96. The van der Waals surface area contributed by atoms with E-state index in [2.05, 4.69) is 15.5 Å². The Morgan fingerprint density at radius 3 is 3.00 bits per heavy atom. The van der Waals surface area contributed by atoms with Gasteiger partial charge in [0.2, 0.25) is 5.91 Å². The van der Waals surface area contributed by atoms with Crippen LogP contribution in [0.3, 0.4) is 0 Å². The highest BCUT2D eigenvalue weighted by atomic mass is 35.5. The second-order valence-electron chi connectivity index (χ2n) is 2.93. The molecule has 0 saturated heterocycles. The summed E-state index contributed by atoms with van der Waals surface area (Å²) in [5, 5.41) is 8.98. The molecule has 0 aliphatic rings. The summed E-state index contributed by atoms with van der Waals surface area (Å²) < 4.78 is 0.702. The van der Waals surface area contributed by atoms with Crippen LogP contribution in [0.4, 0.5) is 5.82 Å². The summed E-state index contributed by atoms with van der Waals surface area (Å²) >= 11 is 7.18. The number of amides is 1. The molecule has 2 aromatic rings. The van der Waals surface area contributed by atoms with E-state index >= 15 is 0 Å². The minimum absolute atomic E-state index is 0.214. The number of rotatable bonds is 3. The third-order valence-electron chi connectivity index (χ3n) is 1.75. The van der Waals surface area contributed by atoms with Gasteiger partial charge in [-0.1, -0.05) is 11.6 Å². The number of thiophene rings is 1. The molecule has 2 rings (SSSR count). The van der Waals surface area contributed by atoms with Crippen molar-refractivity contribution in [1.29, 1.82) is 0 Å². The summed E-state index contributed by atoms with van der Waals surface area (Å²) in [7, 11) is 0. The molecule has 2 heterocycles. The lowest BCUT2D eigenvalue weighted by Gasteiger charge is -1.95. The minimum Gasteiger partial charge on any atom is -0.307 e. The number of hydrogen-bond acceptors (Lipinski definition) is 3. The Hall–Kier alpha value is -1.59. The highest BCUT2D eigenvalue weighted by molar-refractivity contribution is 7.17. The molecule has 82 valence electrons. The van der Waals surface area contributed by atoms with E-state index in [1.165, 1.54) is 17.4 Å². The zero-order valence-electron chi connectivity index (χ0n) is 8.11. The van der Waals surface area contributed by atoms with Gasteiger partial charge in [-0.05, 0) is 18.2 Å². The Balaban J connectivity index is 1.94. The Morgan fingerprint density at radius 2 is 2.38 bits per heavy atom. The number of H-pyrrole nitrogens is 1. The van der Waals surface area contributed by atoms with Crippen LogP contribution in [-0.2, 0) is 4.79 Å². The number of anilines is 1. The molecule has 1 amide bonds. The van der Waals surface area contributed by atoms with Crippen LogP contribution in [0.2, 0.25) is 4.34 Å². The molecule has 16 heavy (non-hydrogen) atoms. The van der Waals surface area contributed by atoms with Crippen molar-refractivity contribution >= 4 is 40.7 Å². The minimum atomic E-state index is -0.214. The normalized spacial score (nSPS) is 10.8. The van der Waals surface area contributed by atoms with Crippen molar-refractivity contribution in [1.82, 2.24) is 10.2 Å². The van der Waals surface area contributed by atoms with E-state index in [0.29, 0.717) is 10.2 Å². The van der Waals surface area contributed by atoms with Crippen molar-refractivity contribution < 1.29 is 4.79 Å². The maximum Gasteiger partial charge on any atom is 0.249 e. The van der Waals surface area contributed by atoms with Crippen LogP contribution >= 0.6 is 22.9 Å². The van der Waals surface area contributed by atoms with Crippen molar-refractivity contribution in [2.75, 3.05) is 5.32 Å². The molecular formula is C10H8ClN3OS. The van der Waals surface area contributed by atoms with Crippen LogP contribution < -0.4 is 5.32 Å². The molecule has 0 atom stereocenters. The van der Waals surface area contributed by atoms with E-state index in [0.717, 1.165) is 4.88 Å². The first-order chi connectivity index (χ1) is 7.74. The van der Waals surface area contributed by atoms with Gasteiger partial charge in [-0.25, -0.2) is 0 Å². The van der Waals surface area contributed by atoms with Gasteiger partial charge in [0, 0.05) is 17.0 Å². The molecule has 0 aliphatic heterocycles. The molecular weight excluding hydrogens is 246 g/mol. The maximum absolute atomic E-state index is 11.4. The number of nitrogens with zero attached hydrogens (tertiary/aromatic N) is 1. The van der Waals surface area contributed by atoms with E-state index in [1.54, 1.807) is 24.4 Å². The van der Waals surface area contributed by atoms with Crippen molar-refractivity contribution in [2.24, 2.45) is 0 Å². The summed E-state index contributed by atoms with van der Waals surface area (Å²) in [6, 6.07) is 5.32. The predicted octanol–water partition coefficient (Wildman–Crippen LogP) is 2.78. The quantitative estimate of drug-likeness (QED) is 0.827. The highest BCUT2D eigenvalue weighted by Crippen LogP contribution is 2.22. The van der Waals surface area contributed by atoms with Gasteiger partial charge >= 0.3 is 0 Å². The molecule has 0 fully saturated rings. The lowest BCUT2D eigenvalue weighted by atomic mass is 10.4. The summed E-state index contributed by atoms with van der Waals surface area (Å²) in [5.41, 5.74) is 0. The van der Waals surface area contributed by atoms with Gasteiger partial charge in [-0.15, -0.1) is 11.3 Å². The topological polar surface area (TPSA) is 57.8 Å². The van der Waals surface area contributed by atoms with E-state index < -0.39 is 0 Å². The zero-order chi connectivity index (χ0) is 11.4. The smallest absolute Gasteiger partial charge is 0.249 e. The van der Waals surface area contributed by atoms with E-state index in [4.69, 9.17) is 11.6 Å². The van der Waals surface area contributed by atoms with Crippen molar-refractivity contribution in [3.8, 4) is 0 Å². The first-order valence-corrected chi connectivity index (χ1v) is 5.67. The number of hydrogen-bond donors (Lipinski definition) is 2. The standard InChI is InChI=1S/C10H8ClN3OS/c11-8-3-1-7(16-8)2-4-10(15)13-9-5-6-12-14-9/h1-6H,(H2,12,13,14,15)/b4-2+. The molecule has 0 saturated carbocycles. The van der Waals surface area contributed by atoms with Crippen molar-refractivity contribution in [2.45, 2.75) is 0 Å². The number of carbonyl (C=O) groups is 1. The van der Waals surface area contributed by atoms with Gasteiger partial charge in [0.25, 0.3) is 0 Å². The lowest BCUT2D eigenvalue weighted by Crippen LogP contribution is -2.07. The highest BCUT2D eigenvalue weighted by Gasteiger charge is 1.98. The summed E-state index contributed by atoms with van der Waals surface area (Å²) in [5.74, 6) is 0.354. The predicted molar refractivity (Wildman–Crippen MR) is 65.6 cm³/mol. The maximum atomic E-state index is 11.4. The van der Waals surface area contributed by atoms with Crippen LogP contribution in [0.5, 0.6) is 0 Å². The molecule has 2 N–H and O–H groups in total. The Morgan fingerprint density at radius 1 is 1.50 bits per heavy atom. The van der Waals surface area contributed by atoms with Gasteiger partial charge < -0.3 is 5.32 Å². The van der Waals surface area contributed by atoms with Crippen molar-refractivity contribution in [3.63, 3.8) is 0 Å². The number of halogens is 1. The monoisotopic (exact) mass is 253 g/mol. The van der Waals surface area contributed by atoms with Gasteiger partial charge in [-0.3, -0.25) is 9.89 Å². The molecule has 4 nitrogen and oxygen atoms in total. The number of aromatic amines is 1. The molecule has 0 radical (unpaired) electrons. The summed E-state index contributed by atoms with van der Waals surface area (Å²) in [4.78, 5) is 12.4. The van der Waals surface area contributed by atoms with E-state index in [9.17, 15) is 4.79 Å². The zero-order valence-corrected chi connectivity index (χ0v) is 9.68. The fourth-order valence-corrected chi connectivity index (χ4v) is 2.04. The number of aromatic nitrogens is 2. The Bertz CT molecular complexity index is 504. The van der Waals surface area contributed by atoms with Crippen LogP contribution in [0, 0.1) is 0 Å². The van der Waals surface area contributed by atoms with Crippen LogP contribution in [0.1, 0.15) is 4.88 Å². The largest absolute Gasteiger partial charge is 0.307 e. The lowest BCUT2D eigenvalue weighted by molar-refractivity contribution is -0.111. The fraction of sp³-hybridized carbons (Fsp3) is 0. The van der Waals surface area contributed by atoms with Gasteiger partial charge in [0.05, 0.1) is 10.5 Å². The van der Waals surface area contributed by atoms with E-state index in [-0.39, 0.29) is 5.91 Å². The van der Waals surface area contributed by atoms with Crippen LogP contribution in [0.25, 0.3) is 6.08 Å². The second-order valence-corrected chi connectivity index (χ2v) is 4.68. The average molecular weight is 254 g/mol. The first kappa shape index (κ1) is 10.9. The third-order valence-corrected chi connectivity index (χ3v) is 2.95. The van der Waals surface area contributed by atoms with Gasteiger partial charge in [-0.2, -0.15) is 5.10 Å². The third kappa shape index (κ3) is 2.95. The van der Waals surface area contributed by atoms with Gasteiger partial charge in [0.15, 0.2) is 0 Å². The first-order valence-electron chi connectivity index (χ1n) is 4.48. The van der Waals surface area contributed by atoms with Crippen LogP contribution in [-0.4, -0.2) is 16.1 Å². The SMILES string of the molecule is O=C(/C=C/c1ccc(Cl)s1)Nc1ccn[nH]1. The number of nitrogens with one attached hydrogen (secondary N) is 2. The number of carbonyl (C=O) groups excluding carboxylic acids is 1. The molecule has 0 unspecified atom stereocenters. The fourth-order valence-electron chi connectivity index (χ4n) is 1.08. The molecule has 0 aromatic carbocycles. The Labute approximate surface area is 101 Å². The molecule has 0 aliphatic carbocycles. The summed E-state index contributed by atoms with van der Waals surface area (Å²) in [6.07, 6.45) is 4.73. The van der Waals surface area contributed by atoms with Crippen molar-refractivity contribution in [3.05, 3.63) is 39.7 Å². The molecule has 0 bridgehead atoms. The van der Waals surface area contributed by atoms with Crippen LogP contribution in [0.15, 0.2) is 30.5 Å².